The van der Waals surface area contributed by atoms with E-state index in [0.717, 1.165) is 31.7 Å². The number of aromatic nitrogens is 1. The standard InChI is InChI=1S/C14H16F3N3/c1-9-3-2-4-11(7-9)19-13-10(8-18)5-6-12(20-13)14(15,16)17/h5-6,9,11H,2-4,7H2,1H3,(H,19,20). The number of hydrogen-bond donors (Lipinski definition) is 1. The van der Waals surface area contributed by atoms with Crippen LogP contribution in [-0.4, -0.2) is 11.0 Å². The molecule has 1 aliphatic rings. The van der Waals surface area contributed by atoms with E-state index in [4.69, 9.17) is 5.26 Å². The molecule has 6 heteroatoms. The van der Waals surface area contributed by atoms with Crippen LogP contribution in [0.4, 0.5) is 19.0 Å². The second-order valence-corrected chi connectivity index (χ2v) is 5.32. The first-order chi connectivity index (χ1) is 9.40. The minimum Gasteiger partial charge on any atom is -0.366 e. The van der Waals surface area contributed by atoms with Crippen molar-refractivity contribution < 1.29 is 13.2 Å². The fourth-order valence-electron chi connectivity index (χ4n) is 2.58. The molecule has 1 heterocycles. The van der Waals surface area contributed by atoms with E-state index in [1.165, 1.54) is 6.07 Å². The molecule has 0 radical (unpaired) electrons. The highest BCUT2D eigenvalue weighted by atomic mass is 19.4. The van der Waals surface area contributed by atoms with Crippen LogP contribution in [0.3, 0.4) is 0 Å². The third kappa shape index (κ3) is 3.41. The molecule has 2 rings (SSSR count). The maximum atomic E-state index is 12.7. The van der Waals surface area contributed by atoms with Gasteiger partial charge < -0.3 is 5.32 Å². The summed E-state index contributed by atoms with van der Waals surface area (Å²) in [4.78, 5) is 3.58. The van der Waals surface area contributed by atoms with Crippen LogP contribution in [-0.2, 0) is 6.18 Å². The third-order valence-electron chi connectivity index (χ3n) is 3.58. The smallest absolute Gasteiger partial charge is 0.366 e. The molecule has 3 nitrogen and oxygen atoms in total. The number of nitrogens with one attached hydrogen (secondary N) is 1. The molecule has 1 N–H and O–H groups in total. The second-order valence-electron chi connectivity index (χ2n) is 5.32. The Labute approximate surface area is 115 Å². The first-order valence-corrected chi connectivity index (χ1v) is 6.65. The van der Waals surface area contributed by atoms with Gasteiger partial charge in [-0.05, 0) is 30.9 Å². The Kier molecular flexibility index (Phi) is 4.17. The summed E-state index contributed by atoms with van der Waals surface area (Å²) >= 11 is 0. The minimum absolute atomic E-state index is 0.0430. The molecule has 0 aromatic carbocycles. The lowest BCUT2D eigenvalue weighted by atomic mass is 9.87. The average Bonchev–Trinajstić information content (AvgIpc) is 2.37. The van der Waals surface area contributed by atoms with Crippen molar-refractivity contribution in [1.29, 1.82) is 5.26 Å². The van der Waals surface area contributed by atoms with E-state index >= 15 is 0 Å². The van der Waals surface area contributed by atoms with Crippen LogP contribution >= 0.6 is 0 Å². The van der Waals surface area contributed by atoms with Gasteiger partial charge in [-0.15, -0.1) is 0 Å². The van der Waals surface area contributed by atoms with Crippen molar-refractivity contribution in [1.82, 2.24) is 4.98 Å². The monoisotopic (exact) mass is 283 g/mol. The summed E-state index contributed by atoms with van der Waals surface area (Å²) in [5.74, 6) is 0.582. The number of hydrogen-bond acceptors (Lipinski definition) is 3. The van der Waals surface area contributed by atoms with Gasteiger partial charge >= 0.3 is 6.18 Å². The summed E-state index contributed by atoms with van der Waals surface area (Å²) in [5, 5.41) is 12.0. The van der Waals surface area contributed by atoms with Crippen molar-refractivity contribution in [2.45, 2.75) is 44.8 Å². The summed E-state index contributed by atoms with van der Waals surface area (Å²) in [6.45, 7) is 2.12. The number of alkyl halides is 3. The molecule has 20 heavy (non-hydrogen) atoms. The summed E-state index contributed by atoms with van der Waals surface area (Å²) in [7, 11) is 0. The van der Waals surface area contributed by atoms with Crippen molar-refractivity contribution in [3.63, 3.8) is 0 Å². The van der Waals surface area contributed by atoms with Gasteiger partial charge in [0.25, 0.3) is 0 Å². The Morgan fingerprint density at radius 2 is 2.10 bits per heavy atom. The van der Waals surface area contributed by atoms with Crippen LogP contribution in [0.5, 0.6) is 0 Å². The highest BCUT2D eigenvalue weighted by Crippen LogP contribution is 2.31. The topological polar surface area (TPSA) is 48.7 Å². The van der Waals surface area contributed by atoms with Crippen LogP contribution in [0.25, 0.3) is 0 Å². The Morgan fingerprint density at radius 3 is 2.70 bits per heavy atom. The molecule has 108 valence electrons. The van der Waals surface area contributed by atoms with Gasteiger partial charge in [-0.3, -0.25) is 0 Å². The van der Waals surface area contributed by atoms with Gasteiger partial charge in [-0.1, -0.05) is 19.8 Å². The highest BCUT2D eigenvalue weighted by molar-refractivity contribution is 5.53. The molecular weight excluding hydrogens is 267 g/mol. The molecule has 2 atom stereocenters. The van der Waals surface area contributed by atoms with Crippen molar-refractivity contribution in [3.8, 4) is 6.07 Å². The Bertz CT molecular complexity index is 519. The molecule has 1 aliphatic carbocycles. The van der Waals surface area contributed by atoms with E-state index < -0.39 is 11.9 Å². The highest BCUT2D eigenvalue weighted by Gasteiger charge is 2.33. The zero-order valence-electron chi connectivity index (χ0n) is 11.2. The minimum atomic E-state index is -4.50. The summed E-state index contributed by atoms with van der Waals surface area (Å²) < 4.78 is 38.0. The van der Waals surface area contributed by atoms with E-state index in [0.29, 0.717) is 5.92 Å². The summed E-state index contributed by atoms with van der Waals surface area (Å²) in [6.07, 6.45) is -0.529. The number of nitrogens with zero attached hydrogens (tertiary/aromatic N) is 2. The van der Waals surface area contributed by atoms with Gasteiger partial charge in [0.2, 0.25) is 0 Å². The van der Waals surface area contributed by atoms with E-state index in [1.54, 1.807) is 0 Å². The predicted molar refractivity (Wildman–Crippen MR) is 69.0 cm³/mol. The molecule has 1 aromatic heterocycles. The van der Waals surface area contributed by atoms with Crippen LogP contribution in [0.2, 0.25) is 0 Å². The second kappa shape index (κ2) is 5.70. The van der Waals surface area contributed by atoms with Gasteiger partial charge in [0, 0.05) is 6.04 Å². The van der Waals surface area contributed by atoms with Crippen molar-refractivity contribution in [2.75, 3.05) is 5.32 Å². The fourth-order valence-corrected chi connectivity index (χ4v) is 2.58. The zero-order valence-corrected chi connectivity index (χ0v) is 11.2. The molecule has 0 spiro atoms. The lowest BCUT2D eigenvalue weighted by Gasteiger charge is -2.28. The average molecular weight is 283 g/mol. The van der Waals surface area contributed by atoms with Crippen molar-refractivity contribution in [2.24, 2.45) is 5.92 Å². The number of rotatable bonds is 2. The maximum Gasteiger partial charge on any atom is 0.433 e. The molecule has 2 unspecified atom stereocenters. The van der Waals surface area contributed by atoms with Crippen molar-refractivity contribution in [3.05, 3.63) is 23.4 Å². The third-order valence-corrected chi connectivity index (χ3v) is 3.58. The first kappa shape index (κ1) is 14.6. The Morgan fingerprint density at radius 1 is 1.35 bits per heavy atom. The maximum absolute atomic E-state index is 12.7. The van der Waals surface area contributed by atoms with Gasteiger partial charge in [0.1, 0.15) is 17.6 Å². The lowest BCUT2D eigenvalue weighted by Crippen LogP contribution is -2.27. The Hall–Kier alpha value is -1.77. The molecule has 0 aliphatic heterocycles. The molecule has 1 aromatic rings. The van der Waals surface area contributed by atoms with Crippen molar-refractivity contribution >= 4 is 5.82 Å². The largest absolute Gasteiger partial charge is 0.433 e. The fraction of sp³-hybridized carbons (Fsp3) is 0.571. The first-order valence-electron chi connectivity index (χ1n) is 6.65. The number of nitriles is 1. The van der Waals surface area contributed by atoms with E-state index in [-0.39, 0.29) is 17.4 Å². The van der Waals surface area contributed by atoms with Crippen LogP contribution in [0.15, 0.2) is 12.1 Å². The van der Waals surface area contributed by atoms with Gasteiger partial charge in [0.05, 0.1) is 5.56 Å². The molecule has 1 fully saturated rings. The van der Waals surface area contributed by atoms with Gasteiger partial charge in [-0.25, -0.2) is 4.98 Å². The number of halogens is 3. The summed E-state index contributed by atoms with van der Waals surface area (Å²) in [5.41, 5.74) is -0.820. The van der Waals surface area contributed by atoms with E-state index in [2.05, 4.69) is 17.2 Å². The van der Waals surface area contributed by atoms with Crippen LogP contribution in [0.1, 0.15) is 43.9 Å². The molecule has 1 saturated carbocycles. The zero-order chi connectivity index (χ0) is 14.8. The number of anilines is 1. The SMILES string of the molecule is CC1CCCC(Nc2nc(C(F)(F)F)ccc2C#N)C1. The summed E-state index contributed by atoms with van der Waals surface area (Å²) in [6, 6.07) is 3.98. The van der Waals surface area contributed by atoms with Crippen LogP contribution < -0.4 is 5.32 Å². The Balaban J connectivity index is 2.23. The van der Waals surface area contributed by atoms with E-state index in [1.807, 2.05) is 6.07 Å². The normalized spacial score (nSPS) is 23.1. The van der Waals surface area contributed by atoms with Gasteiger partial charge in [-0.2, -0.15) is 18.4 Å². The van der Waals surface area contributed by atoms with Gasteiger partial charge in [0.15, 0.2) is 0 Å². The molecule has 0 saturated heterocycles. The quantitative estimate of drug-likeness (QED) is 0.893. The number of pyridine rings is 1. The van der Waals surface area contributed by atoms with E-state index in [9.17, 15) is 13.2 Å². The lowest BCUT2D eigenvalue weighted by molar-refractivity contribution is -0.141. The molecule has 0 amide bonds. The predicted octanol–water partition coefficient (Wildman–Crippen LogP) is 3.96. The van der Waals surface area contributed by atoms with Crippen LogP contribution in [0, 0.1) is 17.2 Å². The molecular formula is C14H16F3N3. The molecule has 0 bridgehead atoms.